The number of sulfonamides is 1. The number of nitriles is 1. The van der Waals surface area contributed by atoms with E-state index in [1.165, 1.54) is 25.2 Å². The van der Waals surface area contributed by atoms with E-state index in [-0.39, 0.29) is 28.7 Å². The number of para-hydroxylation sites is 1. The van der Waals surface area contributed by atoms with Crippen molar-refractivity contribution in [1.29, 1.82) is 5.26 Å². The van der Waals surface area contributed by atoms with Crippen LogP contribution in [-0.4, -0.2) is 34.6 Å². The molecule has 0 saturated heterocycles. The number of ether oxygens (including phenoxy) is 2. The van der Waals surface area contributed by atoms with Gasteiger partial charge in [-0.15, -0.1) is 0 Å². The smallest absolute Gasteiger partial charge is 0.339 e. The molecule has 0 radical (unpaired) electrons. The first-order valence-corrected chi connectivity index (χ1v) is 11.3. The third-order valence-corrected chi connectivity index (χ3v) is 6.62. The highest BCUT2D eigenvalue weighted by Gasteiger charge is 2.24. The monoisotopic (exact) mass is 470 g/mol. The van der Waals surface area contributed by atoms with Gasteiger partial charge < -0.3 is 9.47 Å². The van der Waals surface area contributed by atoms with E-state index in [1.54, 1.807) is 54.6 Å². The lowest BCUT2D eigenvalue weighted by Gasteiger charge is -2.20. The Morgan fingerprint density at radius 1 is 1.03 bits per heavy atom. The molecule has 0 amide bonds. The summed E-state index contributed by atoms with van der Waals surface area (Å²) in [6.07, 6.45) is 0. The Balaban J connectivity index is 1.66. The Morgan fingerprint density at radius 3 is 2.38 bits per heavy atom. The molecule has 0 heterocycles. The van der Waals surface area contributed by atoms with Gasteiger partial charge >= 0.3 is 5.97 Å². The summed E-state index contributed by atoms with van der Waals surface area (Å²) >= 11 is 6.11. The van der Waals surface area contributed by atoms with Gasteiger partial charge in [-0.05, 0) is 54.6 Å². The number of hydrogen-bond donors (Lipinski definition) is 0. The standard InChI is InChI=1S/C23H19ClN2O5S/c1-26(18-5-3-2-4-6-18)32(28,29)20-11-12-22(24)21(15-20)23(27)31-14-13-30-19-9-7-17(16-25)8-10-19/h2-12,15H,13-14H2,1H3. The molecule has 0 spiro atoms. The highest BCUT2D eigenvalue weighted by molar-refractivity contribution is 7.92. The van der Waals surface area contributed by atoms with Crippen LogP contribution >= 0.6 is 11.6 Å². The Hall–Kier alpha value is -3.54. The number of benzene rings is 3. The second-order valence-corrected chi connectivity index (χ2v) is 8.95. The fourth-order valence-corrected chi connectivity index (χ4v) is 4.17. The average Bonchev–Trinajstić information content (AvgIpc) is 2.82. The molecule has 0 bridgehead atoms. The second-order valence-electron chi connectivity index (χ2n) is 6.57. The number of carbonyl (C=O) groups is 1. The predicted molar refractivity (Wildman–Crippen MR) is 120 cm³/mol. The molecule has 0 N–H and O–H groups in total. The molecule has 0 unspecified atom stereocenters. The van der Waals surface area contributed by atoms with E-state index in [1.807, 2.05) is 6.07 Å². The van der Waals surface area contributed by atoms with Crippen LogP contribution in [0.1, 0.15) is 15.9 Å². The summed E-state index contributed by atoms with van der Waals surface area (Å²) in [5, 5.41) is 8.87. The van der Waals surface area contributed by atoms with Crippen molar-refractivity contribution in [2.24, 2.45) is 0 Å². The molecular weight excluding hydrogens is 452 g/mol. The second kappa shape index (κ2) is 10.2. The van der Waals surface area contributed by atoms with Crippen molar-refractivity contribution in [3.05, 3.63) is 88.9 Å². The van der Waals surface area contributed by atoms with Crippen molar-refractivity contribution >= 4 is 33.3 Å². The Morgan fingerprint density at radius 2 is 1.72 bits per heavy atom. The first-order chi connectivity index (χ1) is 15.3. The molecule has 3 aromatic rings. The Kier molecular flexibility index (Phi) is 7.36. The molecule has 0 aliphatic carbocycles. The molecule has 0 aromatic heterocycles. The molecule has 3 rings (SSSR count). The highest BCUT2D eigenvalue weighted by atomic mass is 35.5. The number of hydrogen-bond acceptors (Lipinski definition) is 6. The van der Waals surface area contributed by atoms with Gasteiger partial charge in [0.15, 0.2) is 0 Å². The van der Waals surface area contributed by atoms with Crippen LogP contribution in [0.15, 0.2) is 77.7 Å². The first kappa shape index (κ1) is 23.1. The quantitative estimate of drug-likeness (QED) is 0.360. The number of nitrogens with zero attached hydrogens (tertiary/aromatic N) is 2. The minimum atomic E-state index is -3.91. The van der Waals surface area contributed by atoms with E-state index < -0.39 is 16.0 Å². The third-order valence-electron chi connectivity index (χ3n) is 4.50. The molecule has 9 heteroatoms. The summed E-state index contributed by atoms with van der Waals surface area (Å²) < 4.78 is 37.7. The zero-order chi connectivity index (χ0) is 23.1. The van der Waals surface area contributed by atoms with Crippen LogP contribution in [-0.2, 0) is 14.8 Å². The summed E-state index contributed by atoms with van der Waals surface area (Å²) in [6, 6.07) is 20.9. The maximum Gasteiger partial charge on any atom is 0.339 e. The lowest BCUT2D eigenvalue weighted by atomic mass is 10.2. The maximum absolute atomic E-state index is 13.0. The van der Waals surface area contributed by atoms with Crippen LogP contribution in [0.25, 0.3) is 0 Å². The normalized spacial score (nSPS) is 10.8. The van der Waals surface area contributed by atoms with Gasteiger partial charge in [-0.1, -0.05) is 29.8 Å². The topological polar surface area (TPSA) is 96.7 Å². The average molecular weight is 471 g/mol. The molecule has 0 aliphatic rings. The van der Waals surface area contributed by atoms with Crippen molar-refractivity contribution in [2.75, 3.05) is 24.6 Å². The molecule has 0 atom stereocenters. The first-order valence-electron chi connectivity index (χ1n) is 9.46. The molecule has 164 valence electrons. The molecular formula is C23H19ClN2O5S. The van der Waals surface area contributed by atoms with Gasteiger partial charge in [0, 0.05) is 7.05 Å². The predicted octanol–water partition coefficient (Wildman–Crippen LogP) is 4.27. The third kappa shape index (κ3) is 5.38. The van der Waals surface area contributed by atoms with Crippen molar-refractivity contribution in [3.63, 3.8) is 0 Å². The Labute approximate surface area is 191 Å². The summed E-state index contributed by atoms with van der Waals surface area (Å²) in [6.45, 7) is 0.0000525. The summed E-state index contributed by atoms with van der Waals surface area (Å²) in [7, 11) is -2.48. The largest absolute Gasteiger partial charge is 0.490 e. The fourth-order valence-electron chi connectivity index (χ4n) is 2.75. The zero-order valence-corrected chi connectivity index (χ0v) is 18.6. The van der Waals surface area contributed by atoms with E-state index in [0.29, 0.717) is 17.0 Å². The van der Waals surface area contributed by atoms with Gasteiger partial charge in [-0.3, -0.25) is 4.31 Å². The lowest BCUT2D eigenvalue weighted by Crippen LogP contribution is -2.26. The summed E-state index contributed by atoms with van der Waals surface area (Å²) in [5.41, 5.74) is 0.922. The number of carbonyl (C=O) groups excluding carboxylic acids is 1. The van der Waals surface area contributed by atoms with Crippen LogP contribution in [0, 0.1) is 11.3 Å². The zero-order valence-electron chi connectivity index (χ0n) is 17.1. The molecule has 0 aliphatic heterocycles. The van der Waals surface area contributed by atoms with E-state index in [0.717, 1.165) is 4.31 Å². The SMILES string of the molecule is CN(c1ccccc1)S(=O)(=O)c1ccc(Cl)c(C(=O)OCCOc2ccc(C#N)cc2)c1. The summed E-state index contributed by atoms with van der Waals surface area (Å²) in [5.74, 6) is -0.243. The highest BCUT2D eigenvalue weighted by Crippen LogP contribution is 2.26. The van der Waals surface area contributed by atoms with Gasteiger partial charge in [-0.25, -0.2) is 13.2 Å². The summed E-state index contributed by atoms with van der Waals surface area (Å²) in [4.78, 5) is 12.4. The maximum atomic E-state index is 13.0. The van der Waals surface area contributed by atoms with Crippen LogP contribution in [0.4, 0.5) is 5.69 Å². The Bertz CT molecular complexity index is 1240. The minimum Gasteiger partial charge on any atom is -0.490 e. The molecule has 3 aromatic carbocycles. The minimum absolute atomic E-state index is 0.0624. The lowest BCUT2D eigenvalue weighted by molar-refractivity contribution is 0.0450. The number of halogens is 1. The number of anilines is 1. The fraction of sp³-hybridized carbons (Fsp3) is 0.130. The van der Waals surface area contributed by atoms with Crippen molar-refractivity contribution in [2.45, 2.75) is 4.90 Å². The van der Waals surface area contributed by atoms with Crippen LogP contribution in [0.3, 0.4) is 0 Å². The van der Waals surface area contributed by atoms with Crippen LogP contribution < -0.4 is 9.04 Å². The van der Waals surface area contributed by atoms with Crippen molar-refractivity contribution < 1.29 is 22.7 Å². The van der Waals surface area contributed by atoms with E-state index >= 15 is 0 Å². The van der Waals surface area contributed by atoms with Crippen LogP contribution in [0.2, 0.25) is 5.02 Å². The van der Waals surface area contributed by atoms with Crippen molar-refractivity contribution in [1.82, 2.24) is 0 Å². The van der Waals surface area contributed by atoms with E-state index in [4.69, 9.17) is 26.3 Å². The molecule has 32 heavy (non-hydrogen) atoms. The van der Waals surface area contributed by atoms with Gasteiger partial charge in [0.25, 0.3) is 10.0 Å². The number of rotatable bonds is 8. The van der Waals surface area contributed by atoms with E-state index in [9.17, 15) is 13.2 Å². The molecule has 0 fully saturated rings. The van der Waals surface area contributed by atoms with Gasteiger partial charge in [0.1, 0.15) is 19.0 Å². The molecule has 0 saturated carbocycles. The number of esters is 1. The van der Waals surface area contributed by atoms with Gasteiger partial charge in [0.05, 0.1) is 32.8 Å². The van der Waals surface area contributed by atoms with Crippen molar-refractivity contribution in [3.8, 4) is 11.8 Å². The molecule has 7 nitrogen and oxygen atoms in total. The van der Waals surface area contributed by atoms with Gasteiger partial charge in [0.2, 0.25) is 0 Å². The van der Waals surface area contributed by atoms with Crippen LogP contribution in [0.5, 0.6) is 5.75 Å². The van der Waals surface area contributed by atoms with Gasteiger partial charge in [-0.2, -0.15) is 5.26 Å². The van der Waals surface area contributed by atoms with E-state index in [2.05, 4.69) is 0 Å².